The van der Waals surface area contributed by atoms with Gasteiger partial charge in [0.1, 0.15) is 18.5 Å². The highest BCUT2D eigenvalue weighted by molar-refractivity contribution is 5.61. The van der Waals surface area contributed by atoms with E-state index in [1.165, 1.54) is 24.0 Å². The van der Waals surface area contributed by atoms with Gasteiger partial charge in [-0.25, -0.2) is 0 Å². The first-order chi connectivity index (χ1) is 20.6. The minimum atomic E-state index is -0.674. The summed E-state index contributed by atoms with van der Waals surface area (Å²) in [5.41, 5.74) is 4.56. The molecule has 4 atom stereocenters. The molecule has 9 heteroatoms. The van der Waals surface area contributed by atoms with E-state index in [9.17, 15) is 5.11 Å². The third-order valence-electron chi connectivity index (χ3n) is 8.26. The zero-order valence-electron chi connectivity index (χ0n) is 25.2. The first kappa shape index (κ1) is 31.2. The van der Waals surface area contributed by atoms with Crippen LogP contribution in [0.3, 0.4) is 0 Å². The van der Waals surface area contributed by atoms with Crippen LogP contribution in [0.15, 0.2) is 42.5 Å². The van der Waals surface area contributed by atoms with Crippen molar-refractivity contribution in [1.29, 1.82) is 0 Å². The van der Waals surface area contributed by atoms with Crippen molar-refractivity contribution in [2.45, 2.75) is 56.7 Å². The van der Waals surface area contributed by atoms with Crippen LogP contribution in [0.2, 0.25) is 0 Å². The molecule has 0 amide bonds. The Morgan fingerprint density at radius 3 is 2.50 bits per heavy atom. The Morgan fingerprint density at radius 1 is 0.952 bits per heavy atom. The van der Waals surface area contributed by atoms with E-state index in [1.807, 2.05) is 0 Å². The van der Waals surface area contributed by atoms with Crippen LogP contribution in [0.1, 0.15) is 41.9 Å². The van der Waals surface area contributed by atoms with Gasteiger partial charge in [0.15, 0.2) is 0 Å². The third kappa shape index (κ3) is 8.89. The minimum Gasteiger partial charge on any atom is -0.490 e. The number of nitrogens with zero attached hydrogens (tertiary/aromatic N) is 1. The Kier molecular flexibility index (Phi) is 11.9. The standard InChI is InChI=1S/C33H48N2O7/c1-37-14-3-12-35-13-15-40-30-11-8-26(16-29(30)35)21-41-31-17-34-18-32(42-23-28(36)22-38-2)33(31)27-9-6-25(7-10-27)20-39-19-24-4-5-24/h6-11,16,24,28,31-34,36H,3-5,12-15,17-23H2,1-2H3/t28?,31-,32+,33+/m0/s1. The van der Waals surface area contributed by atoms with Crippen molar-refractivity contribution in [1.82, 2.24) is 5.32 Å². The number of aliphatic hydroxyl groups is 1. The molecule has 3 aliphatic rings. The lowest BCUT2D eigenvalue weighted by Crippen LogP contribution is -2.51. The van der Waals surface area contributed by atoms with E-state index in [-0.39, 0.29) is 31.3 Å². The summed E-state index contributed by atoms with van der Waals surface area (Å²) >= 11 is 0. The highest BCUT2D eigenvalue weighted by atomic mass is 16.5. The number of methoxy groups -OCH3 is 2. The summed E-state index contributed by atoms with van der Waals surface area (Å²) in [6, 6.07) is 15.0. The van der Waals surface area contributed by atoms with Crippen LogP contribution < -0.4 is 15.0 Å². The van der Waals surface area contributed by atoms with Crippen molar-refractivity contribution < 1.29 is 33.5 Å². The molecule has 9 nitrogen and oxygen atoms in total. The monoisotopic (exact) mass is 584 g/mol. The van der Waals surface area contributed by atoms with Gasteiger partial charge in [-0.2, -0.15) is 0 Å². The zero-order valence-corrected chi connectivity index (χ0v) is 25.2. The van der Waals surface area contributed by atoms with Gasteiger partial charge in [-0.1, -0.05) is 30.3 Å². The Balaban J connectivity index is 1.27. The number of rotatable bonds is 17. The molecule has 0 bridgehead atoms. The number of aliphatic hydroxyl groups excluding tert-OH is 1. The summed E-state index contributed by atoms with van der Waals surface area (Å²) < 4.78 is 35.1. The van der Waals surface area contributed by atoms with Crippen LogP contribution in [0.4, 0.5) is 5.69 Å². The number of piperidine rings is 1. The van der Waals surface area contributed by atoms with Crippen molar-refractivity contribution in [3.8, 4) is 5.75 Å². The van der Waals surface area contributed by atoms with Crippen molar-refractivity contribution in [3.05, 3.63) is 59.2 Å². The van der Waals surface area contributed by atoms with Crippen LogP contribution in [-0.4, -0.2) is 96.9 Å². The van der Waals surface area contributed by atoms with Gasteiger partial charge in [-0.3, -0.25) is 0 Å². The molecule has 42 heavy (non-hydrogen) atoms. The van der Waals surface area contributed by atoms with Gasteiger partial charge in [0, 0.05) is 53.0 Å². The van der Waals surface area contributed by atoms with Crippen molar-refractivity contribution in [3.63, 3.8) is 0 Å². The molecule has 1 saturated heterocycles. The molecule has 0 spiro atoms. The van der Waals surface area contributed by atoms with E-state index in [2.05, 4.69) is 52.7 Å². The quantitative estimate of drug-likeness (QED) is 0.271. The van der Waals surface area contributed by atoms with Gasteiger partial charge in [-0.05, 0) is 54.0 Å². The highest BCUT2D eigenvalue weighted by Gasteiger charge is 2.36. The van der Waals surface area contributed by atoms with Crippen molar-refractivity contribution in [2.24, 2.45) is 5.92 Å². The molecule has 0 aromatic heterocycles. The molecular weight excluding hydrogens is 536 g/mol. The summed E-state index contributed by atoms with van der Waals surface area (Å²) in [6.45, 7) is 7.05. The predicted molar refractivity (Wildman–Crippen MR) is 161 cm³/mol. The fourth-order valence-electron chi connectivity index (χ4n) is 5.80. The fourth-order valence-corrected chi connectivity index (χ4v) is 5.80. The smallest absolute Gasteiger partial charge is 0.142 e. The molecule has 0 radical (unpaired) electrons. The predicted octanol–water partition coefficient (Wildman–Crippen LogP) is 3.51. The fraction of sp³-hybridized carbons (Fsp3) is 0.636. The lowest BCUT2D eigenvalue weighted by molar-refractivity contribution is -0.0856. The SMILES string of the molecule is COCCCN1CCOc2ccc(CO[C@H]3CNC[C@@H](OCC(O)COC)[C@@H]3c3ccc(COCC4CC4)cc3)cc21. The van der Waals surface area contributed by atoms with E-state index in [1.54, 1.807) is 14.2 Å². The Morgan fingerprint density at radius 2 is 1.74 bits per heavy atom. The highest BCUT2D eigenvalue weighted by Crippen LogP contribution is 2.35. The van der Waals surface area contributed by atoms with Crippen molar-refractivity contribution in [2.75, 3.05) is 78.3 Å². The second-order valence-corrected chi connectivity index (χ2v) is 11.7. The van der Waals surface area contributed by atoms with E-state index < -0.39 is 6.10 Å². The summed E-state index contributed by atoms with van der Waals surface area (Å²) in [7, 11) is 3.33. The maximum absolute atomic E-state index is 10.3. The number of hydrogen-bond acceptors (Lipinski definition) is 9. The molecule has 2 aromatic carbocycles. The zero-order chi connectivity index (χ0) is 29.1. The van der Waals surface area contributed by atoms with Crippen LogP contribution in [0.25, 0.3) is 0 Å². The molecule has 232 valence electrons. The number of ether oxygens (including phenoxy) is 6. The molecule has 2 N–H and O–H groups in total. The van der Waals surface area contributed by atoms with Gasteiger partial charge < -0.3 is 43.7 Å². The van der Waals surface area contributed by atoms with Crippen LogP contribution in [0.5, 0.6) is 5.75 Å². The average molecular weight is 585 g/mol. The summed E-state index contributed by atoms with van der Waals surface area (Å²) in [5.74, 6) is 1.68. The maximum atomic E-state index is 10.3. The van der Waals surface area contributed by atoms with Gasteiger partial charge >= 0.3 is 0 Å². The third-order valence-corrected chi connectivity index (χ3v) is 8.26. The second-order valence-electron chi connectivity index (χ2n) is 11.7. The second kappa shape index (κ2) is 16.0. The lowest BCUT2D eigenvalue weighted by Gasteiger charge is -2.39. The molecule has 2 heterocycles. The number of nitrogens with one attached hydrogen (secondary N) is 1. The summed E-state index contributed by atoms with van der Waals surface area (Å²) in [5, 5.41) is 13.8. The summed E-state index contributed by atoms with van der Waals surface area (Å²) in [4.78, 5) is 2.37. The van der Waals surface area contributed by atoms with E-state index >= 15 is 0 Å². The average Bonchev–Trinajstić information content (AvgIpc) is 3.84. The molecule has 2 fully saturated rings. The van der Waals surface area contributed by atoms with E-state index in [0.29, 0.717) is 32.9 Å². The van der Waals surface area contributed by atoms with Crippen molar-refractivity contribution >= 4 is 5.69 Å². The van der Waals surface area contributed by atoms with Crippen LogP contribution in [0, 0.1) is 5.92 Å². The molecule has 5 rings (SSSR count). The minimum absolute atomic E-state index is 0.00827. The van der Waals surface area contributed by atoms with Crippen LogP contribution in [-0.2, 0) is 36.9 Å². The molecular formula is C33H48N2O7. The van der Waals surface area contributed by atoms with E-state index in [0.717, 1.165) is 55.6 Å². The Hall–Kier alpha value is -2.24. The first-order valence-corrected chi connectivity index (χ1v) is 15.4. The normalized spacial score (nSPS) is 22.9. The Labute approximate surface area is 250 Å². The van der Waals surface area contributed by atoms with E-state index in [4.69, 9.17) is 28.4 Å². The van der Waals surface area contributed by atoms with Gasteiger partial charge in [0.05, 0.1) is 50.9 Å². The first-order valence-electron chi connectivity index (χ1n) is 15.4. The van der Waals surface area contributed by atoms with Gasteiger partial charge in [-0.15, -0.1) is 0 Å². The number of fused-ring (bicyclic) bond motifs is 1. The molecule has 2 aliphatic heterocycles. The van der Waals surface area contributed by atoms with Crippen LogP contribution >= 0.6 is 0 Å². The summed E-state index contributed by atoms with van der Waals surface area (Å²) in [6.07, 6.45) is 2.63. The molecule has 2 aromatic rings. The Bertz CT molecular complexity index is 1080. The largest absolute Gasteiger partial charge is 0.490 e. The molecule has 1 aliphatic carbocycles. The van der Waals surface area contributed by atoms with Gasteiger partial charge in [0.2, 0.25) is 0 Å². The molecule has 1 saturated carbocycles. The number of hydrogen-bond donors (Lipinski definition) is 2. The molecule has 1 unspecified atom stereocenters. The topological polar surface area (TPSA) is 90.9 Å². The lowest BCUT2D eigenvalue weighted by atomic mass is 9.85. The number of anilines is 1. The number of benzene rings is 2. The maximum Gasteiger partial charge on any atom is 0.142 e. The van der Waals surface area contributed by atoms with Gasteiger partial charge in [0.25, 0.3) is 0 Å².